The van der Waals surface area contributed by atoms with Gasteiger partial charge in [0.25, 0.3) is 0 Å². The molecule has 0 amide bonds. The zero-order valence-corrected chi connectivity index (χ0v) is 16.4. The molecule has 0 spiro atoms. The van der Waals surface area contributed by atoms with Crippen LogP contribution in [0.4, 0.5) is 0 Å². The quantitative estimate of drug-likeness (QED) is 0.703. The average molecular weight is 334 g/mol. The minimum Gasteiger partial charge on any atom is -0.507 e. The number of aromatic hydroxyl groups is 1. The van der Waals surface area contributed by atoms with Gasteiger partial charge in [0.05, 0.1) is 0 Å². The molecule has 2 rings (SSSR count). The molecule has 24 heavy (non-hydrogen) atoms. The third-order valence-electron chi connectivity index (χ3n) is 5.48. The van der Waals surface area contributed by atoms with Gasteiger partial charge < -0.3 is 15.2 Å². The molecule has 1 aliphatic rings. The van der Waals surface area contributed by atoms with Gasteiger partial charge in [-0.2, -0.15) is 0 Å². The monoisotopic (exact) mass is 333 g/mol. The molecule has 0 bridgehead atoms. The number of ether oxygens (including phenoxy) is 1. The molecule has 0 fully saturated rings. The summed E-state index contributed by atoms with van der Waals surface area (Å²) in [5.41, 5.74) is 4.03. The summed E-state index contributed by atoms with van der Waals surface area (Å²) in [6, 6.07) is 0. The molecule has 1 unspecified atom stereocenters. The maximum Gasteiger partial charge on any atom is 0.127 e. The van der Waals surface area contributed by atoms with Crippen molar-refractivity contribution in [2.75, 3.05) is 13.1 Å². The molecule has 0 saturated heterocycles. The van der Waals surface area contributed by atoms with Crippen LogP contribution in [0.15, 0.2) is 0 Å². The smallest absolute Gasteiger partial charge is 0.127 e. The van der Waals surface area contributed by atoms with Crippen LogP contribution in [-0.2, 0) is 6.42 Å². The predicted molar refractivity (Wildman–Crippen MR) is 101 cm³/mol. The zero-order chi connectivity index (χ0) is 17.9. The first-order chi connectivity index (χ1) is 11.2. The average Bonchev–Trinajstić information content (AvgIpc) is 2.54. The van der Waals surface area contributed by atoms with Crippen LogP contribution in [0.3, 0.4) is 0 Å². The molecular weight excluding hydrogens is 298 g/mol. The van der Waals surface area contributed by atoms with Crippen molar-refractivity contribution in [2.45, 2.75) is 79.2 Å². The molecule has 0 aliphatic carbocycles. The van der Waals surface area contributed by atoms with Crippen molar-refractivity contribution in [3.8, 4) is 11.5 Å². The van der Waals surface area contributed by atoms with Gasteiger partial charge in [-0.05, 0) is 76.1 Å². The number of rotatable bonds is 7. The Labute approximate surface area is 147 Å². The van der Waals surface area contributed by atoms with Crippen LogP contribution in [-0.4, -0.2) is 23.8 Å². The third-order valence-corrected chi connectivity index (χ3v) is 5.48. The Morgan fingerprint density at radius 2 is 1.83 bits per heavy atom. The lowest BCUT2D eigenvalue weighted by Crippen LogP contribution is -2.46. The Balaban J connectivity index is 1.96. The molecule has 1 aromatic rings. The maximum atomic E-state index is 10.3. The Bertz CT molecular complexity index is 580. The normalized spacial score (nSPS) is 20.1. The summed E-state index contributed by atoms with van der Waals surface area (Å²) < 4.78 is 6.44. The SMILES string of the molecule is Cc1c(C)c2c(c(C)c1O)CCC(C)(CNCCCCC(C)C)O2. The van der Waals surface area contributed by atoms with Gasteiger partial charge in [0.15, 0.2) is 0 Å². The van der Waals surface area contributed by atoms with E-state index in [1.54, 1.807) is 0 Å². The summed E-state index contributed by atoms with van der Waals surface area (Å²) in [4.78, 5) is 0. The van der Waals surface area contributed by atoms with Gasteiger partial charge in [-0.15, -0.1) is 0 Å². The molecule has 1 heterocycles. The predicted octanol–water partition coefficient (Wildman–Crippen LogP) is 4.82. The number of hydrogen-bond donors (Lipinski definition) is 2. The molecule has 136 valence electrons. The van der Waals surface area contributed by atoms with Crippen molar-refractivity contribution in [2.24, 2.45) is 5.92 Å². The number of unbranched alkanes of at least 4 members (excludes halogenated alkanes) is 1. The fourth-order valence-electron chi connectivity index (χ4n) is 3.57. The fourth-order valence-corrected chi connectivity index (χ4v) is 3.57. The minimum atomic E-state index is -0.161. The largest absolute Gasteiger partial charge is 0.507 e. The molecule has 2 N–H and O–H groups in total. The van der Waals surface area contributed by atoms with Crippen LogP contribution in [0.5, 0.6) is 11.5 Å². The highest BCUT2D eigenvalue weighted by Crippen LogP contribution is 2.43. The van der Waals surface area contributed by atoms with E-state index in [1.807, 2.05) is 13.8 Å². The van der Waals surface area contributed by atoms with Gasteiger partial charge >= 0.3 is 0 Å². The topological polar surface area (TPSA) is 41.5 Å². The summed E-state index contributed by atoms with van der Waals surface area (Å²) >= 11 is 0. The van der Waals surface area contributed by atoms with Crippen LogP contribution in [0.25, 0.3) is 0 Å². The van der Waals surface area contributed by atoms with Gasteiger partial charge in [-0.1, -0.05) is 26.7 Å². The van der Waals surface area contributed by atoms with E-state index in [0.717, 1.165) is 54.3 Å². The number of fused-ring (bicyclic) bond motifs is 1. The van der Waals surface area contributed by atoms with Crippen LogP contribution in [0.1, 0.15) is 68.7 Å². The first-order valence-corrected chi connectivity index (χ1v) is 9.46. The lowest BCUT2D eigenvalue weighted by Gasteiger charge is -2.38. The van der Waals surface area contributed by atoms with Crippen molar-refractivity contribution in [3.05, 3.63) is 22.3 Å². The Morgan fingerprint density at radius 3 is 2.50 bits per heavy atom. The number of phenolic OH excluding ortho intramolecular Hbond substituents is 1. The second-order valence-electron chi connectivity index (χ2n) is 8.15. The molecule has 3 nitrogen and oxygen atoms in total. The highest BCUT2D eigenvalue weighted by Gasteiger charge is 2.34. The van der Waals surface area contributed by atoms with E-state index in [0.29, 0.717) is 5.75 Å². The van der Waals surface area contributed by atoms with E-state index < -0.39 is 0 Å². The second kappa shape index (κ2) is 7.77. The number of phenols is 1. The lowest BCUT2D eigenvalue weighted by atomic mass is 9.87. The van der Waals surface area contributed by atoms with Crippen LogP contribution >= 0.6 is 0 Å². The Kier molecular flexibility index (Phi) is 6.19. The van der Waals surface area contributed by atoms with Crippen LogP contribution < -0.4 is 10.1 Å². The van der Waals surface area contributed by atoms with E-state index >= 15 is 0 Å². The molecule has 1 atom stereocenters. The summed E-state index contributed by atoms with van der Waals surface area (Å²) in [5.74, 6) is 2.23. The summed E-state index contributed by atoms with van der Waals surface area (Å²) in [6.45, 7) is 14.7. The Hall–Kier alpha value is -1.22. The highest BCUT2D eigenvalue weighted by molar-refractivity contribution is 5.58. The van der Waals surface area contributed by atoms with Crippen molar-refractivity contribution in [1.29, 1.82) is 0 Å². The Morgan fingerprint density at radius 1 is 1.12 bits per heavy atom. The third kappa shape index (κ3) is 4.24. The van der Waals surface area contributed by atoms with Gasteiger partial charge in [0.2, 0.25) is 0 Å². The number of nitrogens with one attached hydrogen (secondary N) is 1. The fraction of sp³-hybridized carbons (Fsp3) is 0.714. The zero-order valence-electron chi connectivity index (χ0n) is 16.4. The van der Waals surface area contributed by atoms with E-state index in [-0.39, 0.29) is 5.60 Å². The van der Waals surface area contributed by atoms with Crippen molar-refractivity contribution < 1.29 is 9.84 Å². The second-order valence-corrected chi connectivity index (χ2v) is 8.15. The summed E-state index contributed by atoms with van der Waals surface area (Å²) in [6.07, 6.45) is 5.80. The van der Waals surface area contributed by atoms with E-state index in [9.17, 15) is 5.11 Å². The van der Waals surface area contributed by atoms with Gasteiger partial charge in [-0.3, -0.25) is 0 Å². The summed E-state index contributed by atoms with van der Waals surface area (Å²) in [7, 11) is 0. The van der Waals surface area contributed by atoms with Crippen LogP contribution in [0, 0.1) is 26.7 Å². The van der Waals surface area contributed by atoms with E-state index in [2.05, 4.69) is 33.0 Å². The van der Waals surface area contributed by atoms with Crippen molar-refractivity contribution >= 4 is 0 Å². The van der Waals surface area contributed by atoms with E-state index in [4.69, 9.17) is 4.74 Å². The lowest BCUT2D eigenvalue weighted by molar-refractivity contribution is 0.0634. The van der Waals surface area contributed by atoms with Gasteiger partial charge in [-0.25, -0.2) is 0 Å². The molecule has 3 heteroatoms. The standard InChI is InChI=1S/C21H35NO2/c1-14(2)9-7-8-12-22-13-21(6)11-10-18-17(5)19(23)15(3)16(4)20(18)24-21/h14,22-23H,7-13H2,1-6H3. The van der Waals surface area contributed by atoms with Gasteiger partial charge in [0, 0.05) is 12.1 Å². The molecule has 1 aromatic carbocycles. The molecule has 1 aliphatic heterocycles. The van der Waals surface area contributed by atoms with E-state index in [1.165, 1.54) is 24.8 Å². The first kappa shape index (κ1) is 19.1. The molecular formula is C21H35NO2. The molecule has 0 aromatic heterocycles. The highest BCUT2D eigenvalue weighted by atomic mass is 16.5. The molecule has 0 radical (unpaired) electrons. The minimum absolute atomic E-state index is 0.161. The van der Waals surface area contributed by atoms with Crippen molar-refractivity contribution in [1.82, 2.24) is 5.32 Å². The van der Waals surface area contributed by atoms with Crippen LogP contribution in [0.2, 0.25) is 0 Å². The number of hydrogen-bond acceptors (Lipinski definition) is 3. The summed E-state index contributed by atoms with van der Waals surface area (Å²) in [5, 5.41) is 13.9. The maximum absolute atomic E-state index is 10.3. The first-order valence-electron chi connectivity index (χ1n) is 9.46. The molecule has 0 saturated carbocycles. The number of benzene rings is 1. The van der Waals surface area contributed by atoms with Crippen molar-refractivity contribution in [3.63, 3.8) is 0 Å². The van der Waals surface area contributed by atoms with Gasteiger partial charge in [0.1, 0.15) is 17.1 Å².